The number of nitrogens with zero attached hydrogens (tertiary/aromatic N) is 1. The quantitative estimate of drug-likeness (QED) is 0.696. The number of rotatable bonds is 5. The number of carboxylic acid groups (broad SMARTS) is 1. The maximum absolute atomic E-state index is 11.3. The molecule has 0 atom stereocenters. The van der Waals surface area contributed by atoms with Crippen LogP contribution in [-0.4, -0.2) is 34.6 Å². The number of hydrogen-bond acceptors (Lipinski definition) is 2. The molecule has 0 aliphatic heterocycles. The normalized spacial score (nSPS) is 9.64. The molecule has 0 aliphatic carbocycles. The van der Waals surface area contributed by atoms with Crippen LogP contribution >= 0.6 is 0 Å². The Morgan fingerprint density at radius 1 is 1.57 bits per heavy atom. The summed E-state index contributed by atoms with van der Waals surface area (Å²) in [6, 6.07) is -0.312. The second-order valence-corrected chi connectivity index (χ2v) is 3.06. The van der Waals surface area contributed by atoms with E-state index >= 15 is 0 Å². The van der Waals surface area contributed by atoms with Crippen molar-refractivity contribution in [2.75, 3.05) is 6.54 Å². The lowest BCUT2D eigenvalue weighted by molar-refractivity contribution is -0.136. The third-order valence-electron chi connectivity index (χ3n) is 1.60. The number of amides is 2. The molecule has 0 spiro atoms. The van der Waals surface area contributed by atoms with Crippen LogP contribution in [0.25, 0.3) is 0 Å². The standard InChI is InChI=1S/C9H16N2O3/c1-4-11(7(2)3)9(14)10-6-5-8(12)13/h4,7H,1,5-6H2,2-3H3,(H,10,14)(H,12,13). The number of nitrogens with one attached hydrogen (secondary N) is 1. The van der Waals surface area contributed by atoms with Gasteiger partial charge in [0.25, 0.3) is 0 Å². The number of carbonyl (C=O) groups excluding carboxylic acids is 1. The summed E-state index contributed by atoms with van der Waals surface area (Å²) in [5, 5.41) is 10.8. The van der Waals surface area contributed by atoms with Crippen LogP contribution in [0.1, 0.15) is 20.3 Å². The summed E-state index contributed by atoms with van der Waals surface area (Å²) in [5.41, 5.74) is 0. The van der Waals surface area contributed by atoms with Gasteiger partial charge in [-0.2, -0.15) is 0 Å². The van der Waals surface area contributed by atoms with Crippen LogP contribution in [0.2, 0.25) is 0 Å². The van der Waals surface area contributed by atoms with Gasteiger partial charge in [-0.3, -0.25) is 9.69 Å². The molecule has 5 heteroatoms. The molecule has 0 heterocycles. The first-order valence-corrected chi connectivity index (χ1v) is 4.39. The van der Waals surface area contributed by atoms with Crippen LogP contribution in [0.5, 0.6) is 0 Å². The summed E-state index contributed by atoms with van der Waals surface area (Å²) in [6.07, 6.45) is 1.34. The Balaban J connectivity index is 3.93. The van der Waals surface area contributed by atoms with Crippen LogP contribution in [-0.2, 0) is 4.79 Å². The van der Waals surface area contributed by atoms with Crippen LogP contribution in [0.3, 0.4) is 0 Å². The van der Waals surface area contributed by atoms with E-state index in [4.69, 9.17) is 5.11 Å². The molecule has 0 saturated heterocycles. The number of aliphatic carboxylic acids is 1. The average molecular weight is 200 g/mol. The monoisotopic (exact) mass is 200 g/mol. The number of hydrogen-bond donors (Lipinski definition) is 2. The summed E-state index contributed by atoms with van der Waals surface area (Å²) < 4.78 is 0. The van der Waals surface area contributed by atoms with E-state index in [9.17, 15) is 9.59 Å². The zero-order chi connectivity index (χ0) is 11.1. The fourth-order valence-electron chi connectivity index (χ4n) is 0.896. The van der Waals surface area contributed by atoms with Gasteiger partial charge < -0.3 is 10.4 Å². The molecule has 80 valence electrons. The van der Waals surface area contributed by atoms with Crippen molar-refractivity contribution in [3.63, 3.8) is 0 Å². The first-order chi connectivity index (χ1) is 6.49. The van der Waals surface area contributed by atoms with Crippen molar-refractivity contribution in [3.8, 4) is 0 Å². The molecule has 0 aromatic heterocycles. The lowest BCUT2D eigenvalue weighted by Gasteiger charge is -2.22. The van der Waals surface area contributed by atoms with Crippen molar-refractivity contribution in [1.29, 1.82) is 0 Å². The van der Waals surface area contributed by atoms with Gasteiger partial charge in [-0.05, 0) is 13.8 Å². The molecule has 0 saturated carbocycles. The molecule has 0 fully saturated rings. The lowest BCUT2D eigenvalue weighted by atomic mass is 10.3. The predicted molar refractivity (Wildman–Crippen MR) is 52.8 cm³/mol. The number of urea groups is 1. The topological polar surface area (TPSA) is 69.6 Å². The highest BCUT2D eigenvalue weighted by Crippen LogP contribution is 1.98. The molecule has 0 rings (SSSR count). The maximum Gasteiger partial charge on any atom is 0.321 e. The van der Waals surface area contributed by atoms with Crippen molar-refractivity contribution < 1.29 is 14.7 Å². The largest absolute Gasteiger partial charge is 0.481 e. The Morgan fingerprint density at radius 2 is 2.14 bits per heavy atom. The third kappa shape index (κ3) is 4.49. The molecule has 0 aliphatic rings. The molecule has 5 nitrogen and oxygen atoms in total. The maximum atomic E-state index is 11.3. The second-order valence-electron chi connectivity index (χ2n) is 3.06. The van der Waals surface area contributed by atoms with Gasteiger partial charge in [0, 0.05) is 18.8 Å². The molecule has 0 aromatic carbocycles. The molecular formula is C9H16N2O3. The molecule has 14 heavy (non-hydrogen) atoms. The molecule has 2 N–H and O–H groups in total. The first-order valence-electron chi connectivity index (χ1n) is 4.39. The SMILES string of the molecule is C=CN(C(=O)NCCC(=O)O)C(C)C. The fraction of sp³-hybridized carbons (Fsp3) is 0.556. The fourth-order valence-corrected chi connectivity index (χ4v) is 0.896. The smallest absolute Gasteiger partial charge is 0.321 e. The van der Waals surface area contributed by atoms with Gasteiger partial charge in [0.1, 0.15) is 0 Å². The molecular weight excluding hydrogens is 184 g/mol. The van der Waals surface area contributed by atoms with E-state index < -0.39 is 5.97 Å². The van der Waals surface area contributed by atoms with Crippen molar-refractivity contribution in [1.82, 2.24) is 10.2 Å². The van der Waals surface area contributed by atoms with E-state index in [2.05, 4.69) is 11.9 Å². The molecule has 0 aromatic rings. The number of carbonyl (C=O) groups is 2. The Bertz CT molecular complexity index is 226. The summed E-state index contributed by atoms with van der Waals surface area (Å²) >= 11 is 0. The van der Waals surface area contributed by atoms with Gasteiger partial charge in [-0.1, -0.05) is 6.58 Å². The number of carboxylic acids is 1. The summed E-state index contributed by atoms with van der Waals surface area (Å²) in [5.74, 6) is -0.931. The van der Waals surface area contributed by atoms with Gasteiger partial charge in [-0.25, -0.2) is 4.79 Å². The Hall–Kier alpha value is -1.52. The second kappa shape index (κ2) is 6.01. The van der Waals surface area contributed by atoms with E-state index in [0.29, 0.717) is 0 Å². The van der Waals surface area contributed by atoms with Crippen LogP contribution in [0, 0.1) is 0 Å². The van der Waals surface area contributed by atoms with Gasteiger partial charge in [-0.15, -0.1) is 0 Å². The minimum absolute atomic E-state index is 0.0114. The third-order valence-corrected chi connectivity index (χ3v) is 1.60. The van der Waals surface area contributed by atoms with Crippen molar-refractivity contribution in [3.05, 3.63) is 12.8 Å². The molecule has 0 bridgehead atoms. The van der Waals surface area contributed by atoms with E-state index in [0.717, 1.165) is 0 Å². The zero-order valence-corrected chi connectivity index (χ0v) is 8.49. The van der Waals surface area contributed by atoms with Crippen molar-refractivity contribution in [2.45, 2.75) is 26.3 Å². The Labute approximate surface area is 83.4 Å². The Kier molecular flexibility index (Phi) is 5.36. The molecule has 2 amide bonds. The predicted octanol–water partition coefficient (Wildman–Crippen LogP) is 1.02. The van der Waals surface area contributed by atoms with E-state index in [1.165, 1.54) is 11.1 Å². The lowest BCUT2D eigenvalue weighted by Crippen LogP contribution is -2.41. The van der Waals surface area contributed by atoms with E-state index in [-0.39, 0.29) is 25.0 Å². The first kappa shape index (κ1) is 12.5. The summed E-state index contributed by atoms with van der Waals surface area (Å²) in [6.45, 7) is 7.32. The van der Waals surface area contributed by atoms with Crippen LogP contribution in [0.4, 0.5) is 4.79 Å². The minimum atomic E-state index is -0.931. The summed E-state index contributed by atoms with van der Waals surface area (Å²) in [7, 11) is 0. The minimum Gasteiger partial charge on any atom is -0.481 e. The molecule has 0 unspecified atom stereocenters. The summed E-state index contributed by atoms with van der Waals surface area (Å²) in [4.78, 5) is 22.9. The Morgan fingerprint density at radius 3 is 2.50 bits per heavy atom. The van der Waals surface area contributed by atoms with Gasteiger partial charge in [0.2, 0.25) is 0 Å². The van der Waals surface area contributed by atoms with Crippen LogP contribution in [0.15, 0.2) is 12.8 Å². The van der Waals surface area contributed by atoms with Gasteiger partial charge >= 0.3 is 12.0 Å². The molecule has 0 radical (unpaired) electrons. The van der Waals surface area contributed by atoms with Gasteiger partial charge in [0.15, 0.2) is 0 Å². The van der Waals surface area contributed by atoms with Crippen molar-refractivity contribution >= 4 is 12.0 Å². The van der Waals surface area contributed by atoms with Crippen LogP contribution < -0.4 is 5.32 Å². The highest BCUT2D eigenvalue weighted by Gasteiger charge is 2.12. The highest BCUT2D eigenvalue weighted by molar-refractivity contribution is 5.76. The average Bonchev–Trinajstić information content (AvgIpc) is 2.03. The highest BCUT2D eigenvalue weighted by atomic mass is 16.4. The van der Waals surface area contributed by atoms with E-state index in [1.54, 1.807) is 0 Å². The van der Waals surface area contributed by atoms with Crippen molar-refractivity contribution in [2.24, 2.45) is 0 Å². The zero-order valence-electron chi connectivity index (χ0n) is 8.49. The van der Waals surface area contributed by atoms with Gasteiger partial charge in [0.05, 0.1) is 6.42 Å². The van der Waals surface area contributed by atoms with E-state index in [1.807, 2.05) is 13.8 Å².